The maximum atomic E-state index is 11.0. The summed E-state index contributed by atoms with van der Waals surface area (Å²) in [6.07, 6.45) is 1.76. The summed E-state index contributed by atoms with van der Waals surface area (Å²) < 4.78 is 0. The highest BCUT2D eigenvalue weighted by molar-refractivity contribution is 5.64. The van der Waals surface area contributed by atoms with E-state index in [1.807, 2.05) is 24.3 Å². The van der Waals surface area contributed by atoms with E-state index in [0.717, 1.165) is 12.8 Å². The number of nitro benzene ring substituents is 1. The molecule has 21 heavy (non-hydrogen) atoms. The number of nitriles is 1. The molecule has 0 unspecified atom stereocenters. The summed E-state index contributed by atoms with van der Waals surface area (Å²) in [4.78, 5) is 10.5. The van der Waals surface area contributed by atoms with Crippen LogP contribution in [-0.2, 0) is 6.42 Å². The molecule has 0 aliphatic heterocycles. The van der Waals surface area contributed by atoms with Gasteiger partial charge in [0.1, 0.15) is 5.69 Å². The van der Waals surface area contributed by atoms with Gasteiger partial charge in [-0.2, -0.15) is 5.26 Å². The Morgan fingerprint density at radius 2 is 1.95 bits per heavy atom. The van der Waals surface area contributed by atoms with Crippen molar-refractivity contribution in [1.82, 2.24) is 0 Å². The fourth-order valence-corrected chi connectivity index (χ4v) is 2.07. The third kappa shape index (κ3) is 4.05. The van der Waals surface area contributed by atoms with Gasteiger partial charge in [0.2, 0.25) is 0 Å². The van der Waals surface area contributed by atoms with Crippen LogP contribution in [0.2, 0.25) is 0 Å². The predicted molar refractivity (Wildman–Crippen MR) is 81.1 cm³/mol. The Morgan fingerprint density at radius 1 is 1.19 bits per heavy atom. The van der Waals surface area contributed by atoms with E-state index in [9.17, 15) is 10.1 Å². The van der Waals surface area contributed by atoms with Crippen LogP contribution in [0.1, 0.15) is 17.5 Å². The molecular formula is C16H15N3O2. The van der Waals surface area contributed by atoms with Crippen LogP contribution in [-0.4, -0.2) is 11.5 Å². The van der Waals surface area contributed by atoms with E-state index in [1.165, 1.54) is 23.8 Å². The molecular weight excluding hydrogens is 266 g/mol. The minimum Gasteiger partial charge on any atom is -0.379 e. The quantitative estimate of drug-likeness (QED) is 0.499. The van der Waals surface area contributed by atoms with Gasteiger partial charge in [0, 0.05) is 12.6 Å². The van der Waals surface area contributed by atoms with E-state index >= 15 is 0 Å². The minimum atomic E-state index is -0.444. The summed E-state index contributed by atoms with van der Waals surface area (Å²) in [5.41, 5.74) is 2.03. The maximum absolute atomic E-state index is 11.0. The molecule has 0 aromatic heterocycles. The first-order valence-electron chi connectivity index (χ1n) is 6.67. The number of nitrogens with zero attached hydrogens (tertiary/aromatic N) is 2. The Morgan fingerprint density at radius 3 is 2.62 bits per heavy atom. The van der Waals surface area contributed by atoms with Gasteiger partial charge in [-0.25, -0.2) is 0 Å². The molecule has 0 bridgehead atoms. The largest absolute Gasteiger partial charge is 0.379 e. The van der Waals surface area contributed by atoms with Crippen molar-refractivity contribution in [2.24, 2.45) is 0 Å². The molecule has 0 spiro atoms. The van der Waals surface area contributed by atoms with Crippen molar-refractivity contribution >= 4 is 11.4 Å². The zero-order valence-electron chi connectivity index (χ0n) is 11.5. The predicted octanol–water partition coefficient (Wildman–Crippen LogP) is 3.51. The summed E-state index contributed by atoms with van der Waals surface area (Å²) in [6, 6.07) is 16.4. The third-order valence-corrected chi connectivity index (χ3v) is 3.12. The summed E-state index contributed by atoms with van der Waals surface area (Å²) in [5, 5.41) is 22.9. The van der Waals surface area contributed by atoms with E-state index in [0.29, 0.717) is 17.8 Å². The topological polar surface area (TPSA) is 79.0 Å². The fourth-order valence-electron chi connectivity index (χ4n) is 2.07. The van der Waals surface area contributed by atoms with E-state index in [4.69, 9.17) is 5.26 Å². The molecule has 0 fully saturated rings. The zero-order valence-corrected chi connectivity index (χ0v) is 11.5. The molecule has 2 aromatic carbocycles. The second kappa shape index (κ2) is 7.06. The van der Waals surface area contributed by atoms with E-state index in [-0.39, 0.29) is 5.69 Å². The van der Waals surface area contributed by atoms with Crippen LogP contribution >= 0.6 is 0 Å². The number of nitro groups is 1. The molecule has 0 saturated heterocycles. The molecule has 0 aliphatic carbocycles. The summed E-state index contributed by atoms with van der Waals surface area (Å²) in [6.45, 7) is 0.616. The first kappa shape index (κ1) is 14.5. The molecule has 1 N–H and O–H groups in total. The second-order valence-electron chi connectivity index (χ2n) is 4.62. The number of aryl methyl sites for hydroxylation is 1. The summed E-state index contributed by atoms with van der Waals surface area (Å²) in [5.74, 6) is 0. The van der Waals surface area contributed by atoms with Gasteiger partial charge in [-0.15, -0.1) is 0 Å². The van der Waals surface area contributed by atoms with Crippen molar-refractivity contribution in [3.63, 3.8) is 0 Å². The highest BCUT2D eigenvalue weighted by Crippen LogP contribution is 2.25. The van der Waals surface area contributed by atoms with Crippen LogP contribution < -0.4 is 5.32 Å². The third-order valence-electron chi connectivity index (χ3n) is 3.12. The molecule has 5 heteroatoms. The zero-order chi connectivity index (χ0) is 15.1. The molecule has 0 radical (unpaired) electrons. The van der Waals surface area contributed by atoms with Crippen molar-refractivity contribution < 1.29 is 4.92 Å². The number of rotatable bonds is 6. The number of benzene rings is 2. The number of hydrogen-bond acceptors (Lipinski definition) is 4. The van der Waals surface area contributed by atoms with Gasteiger partial charge in [0.15, 0.2) is 0 Å². The lowest BCUT2D eigenvalue weighted by Crippen LogP contribution is -2.05. The minimum absolute atomic E-state index is 0.00582. The number of hydrogen-bond donors (Lipinski definition) is 1. The molecule has 0 aliphatic rings. The lowest BCUT2D eigenvalue weighted by Gasteiger charge is -2.07. The van der Waals surface area contributed by atoms with Crippen molar-refractivity contribution in [1.29, 1.82) is 5.26 Å². The van der Waals surface area contributed by atoms with Crippen LogP contribution in [0.3, 0.4) is 0 Å². The van der Waals surface area contributed by atoms with Crippen LogP contribution in [0, 0.1) is 21.4 Å². The average Bonchev–Trinajstić information content (AvgIpc) is 2.52. The van der Waals surface area contributed by atoms with Crippen LogP contribution in [0.15, 0.2) is 48.5 Å². The normalized spacial score (nSPS) is 9.86. The van der Waals surface area contributed by atoms with Crippen LogP contribution in [0.4, 0.5) is 11.4 Å². The van der Waals surface area contributed by atoms with Crippen molar-refractivity contribution in [2.75, 3.05) is 11.9 Å². The monoisotopic (exact) mass is 281 g/mol. The van der Waals surface area contributed by atoms with E-state index in [1.54, 1.807) is 0 Å². The molecule has 2 rings (SSSR count). The van der Waals surface area contributed by atoms with Gasteiger partial charge < -0.3 is 5.32 Å². The average molecular weight is 281 g/mol. The fraction of sp³-hybridized carbons (Fsp3) is 0.188. The van der Waals surface area contributed by atoms with Crippen molar-refractivity contribution in [3.8, 4) is 6.07 Å². The molecule has 0 atom stereocenters. The highest BCUT2D eigenvalue weighted by Gasteiger charge is 2.13. The van der Waals surface area contributed by atoms with Gasteiger partial charge >= 0.3 is 0 Å². The second-order valence-corrected chi connectivity index (χ2v) is 4.62. The van der Waals surface area contributed by atoms with Crippen LogP contribution in [0.25, 0.3) is 0 Å². The van der Waals surface area contributed by atoms with Gasteiger partial charge in [0.05, 0.1) is 16.6 Å². The van der Waals surface area contributed by atoms with Gasteiger partial charge in [0.25, 0.3) is 5.69 Å². The first-order valence-corrected chi connectivity index (χ1v) is 6.67. The summed E-state index contributed by atoms with van der Waals surface area (Å²) in [7, 11) is 0. The Hall–Kier alpha value is -2.87. The van der Waals surface area contributed by atoms with Crippen LogP contribution in [0.5, 0.6) is 0 Å². The molecule has 0 heterocycles. The molecule has 5 nitrogen and oxygen atoms in total. The number of nitrogens with one attached hydrogen (secondary N) is 1. The van der Waals surface area contributed by atoms with Gasteiger partial charge in [-0.05, 0) is 30.5 Å². The lowest BCUT2D eigenvalue weighted by atomic mass is 10.1. The Kier molecular flexibility index (Phi) is 4.89. The van der Waals surface area contributed by atoms with Gasteiger partial charge in [-0.1, -0.05) is 30.3 Å². The standard InChI is InChI=1S/C16H15N3O2/c17-12-14-8-9-16(19(20)21)15(11-14)18-10-4-7-13-5-2-1-3-6-13/h1-3,5-6,8-9,11,18H,4,7,10H2. The van der Waals surface area contributed by atoms with E-state index < -0.39 is 4.92 Å². The van der Waals surface area contributed by atoms with Crippen molar-refractivity contribution in [2.45, 2.75) is 12.8 Å². The smallest absolute Gasteiger partial charge is 0.292 e. The molecule has 2 aromatic rings. The SMILES string of the molecule is N#Cc1ccc([N+](=O)[O-])c(NCCCc2ccccc2)c1. The Bertz CT molecular complexity index is 663. The maximum Gasteiger partial charge on any atom is 0.292 e. The number of anilines is 1. The highest BCUT2D eigenvalue weighted by atomic mass is 16.6. The van der Waals surface area contributed by atoms with Gasteiger partial charge in [-0.3, -0.25) is 10.1 Å². The lowest BCUT2D eigenvalue weighted by molar-refractivity contribution is -0.384. The van der Waals surface area contributed by atoms with Crippen molar-refractivity contribution in [3.05, 3.63) is 69.8 Å². The first-order chi connectivity index (χ1) is 10.2. The molecule has 106 valence electrons. The Labute approximate surface area is 123 Å². The van der Waals surface area contributed by atoms with E-state index in [2.05, 4.69) is 17.4 Å². The molecule has 0 amide bonds. The summed E-state index contributed by atoms with van der Waals surface area (Å²) >= 11 is 0. The molecule has 0 saturated carbocycles. The Balaban J connectivity index is 1.96.